The number of ether oxygens (including phenoxy) is 3. The van der Waals surface area contributed by atoms with Crippen LogP contribution in [0.4, 0.5) is 0 Å². The smallest absolute Gasteiger partial charge is 0.307 e. The van der Waals surface area contributed by atoms with Gasteiger partial charge in [-0.25, -0.2) is 0 Å². The molecule has 0 spiro atoms. The Morgan fingerprint density at radius 3 is 2.38 bits per heavy atom. The highest BCUT2D eigenvalue weighted by atomic mass is 28.4. The van der Waals surface area contributed by atoms with E-state index in [0.717, 1.165) is 5.56 Å². The zero-order chi connectivity index (χ0) is 21.9. The summed E-state index contributed by atoms with van der Waals surface area (Å²) in [4.78, 5) is 12.3. The lowest BCUT2D eigenvalue weighted by Crippen LogP contribution is -2.53. The molecule has 1 heterocycles. The number of nitrogens with zero attached hydrogens (tertiary/aromatic N) is 1. The zero-order valence-electron chi connectivity index (χ0n) is 19.2. The lowest BCUT2D eigenvalue weighted by molar-refractivity contribution is -0.186. The maximum absolute atomic E-state index is 12.3. The Bertz CT molecular complexity index is 672. The summed E-state index contributed by atoms with van der Waals surface area (Å²) in [6, 6.07) is 9.81. The highest BCUT2D eigenvalue weighted by Crippen LogP contribution is 2.39. The third kappa shape index (κ3) is 6.62. The van der Waals surface area contributed by atoms with Crippen molar-refractivity contribution in [2.45, 2.75) is 83.6 Å². The van der Waals surface area contributed by atoms with Crippen LogP contribution in [0.3, 0.4) is 0 Å². The fraction of sp³-hybridized carbons (Fsp3) is 0.682. The average molecular weight is 424 g/mol. The number of carbonyl (C=O) groups is 1. The molecule has 0 radical (unpaired) electrons. The van der Waals surface area contributed by atoms with Crippen LogP contribution in [-0.2, 0) is 30.1 Å². The van der Waals surface area contributed by atoms with E-state index in [0.29, 0.717) is 13.2 Å². The van der Waals surface area contributed by atoms with Crippen LogP contribution in [0.2, 0.25) is 18.1 Å². The van der Waals surface area contributed by atoms with Crippen LogP contribution in [0.1, 0.15) is 46.6 Å². The van der Waals surface area contributed by atoms with Crippen molar-refractivity contribution in [3.05, 3.63) is 35.9 Å². The van der Waals surface area contributed by atoms with Gasteiger partial charge in [0.15, 0.2) is 5.79 Å². The number of methoxy groups -OCH3 is 1. The lowest BCUT2D eigenvalue weighted by Gasteiger charge is -2.43. The van der Waals surface area contributed by atoms with Crippen LogP contribution in [0.15, 0.2) is 30.3 Å². The molecule has 164 valence electrons. The second kappa shape index (κ2) is 9.26. The fourth-order valence-corrected chi connectivity index (χ4v) is 4.05. The Hall–Kier alpha value is -1.25. The van der Waals surface area contributed by atoms with Gasteiger partial charge in [0.05, 0.1) is 26.2 Å². The number of hydroxylamine groups is 2. The Morgan fingerprint density at radius 2 is 1.90 bits per heavy atom. The molecule has 0 bridgehead atoms. The second-order valence-corrected chi connectivity index (χ2v) is 14.3. The Balaban J connectivity index is 2.37. The number of hydrogen-bond acceptors (Lipinski definition) is 6. The SMILES string of the molecule is COC(=O)CC(C1COC(C)(C)O1)N(Cc1ccccc1)O[Si](C)(C)C(C)(C)C. The first-order valence-electron chi connectivity index (χ1n) is 10.2. The summed E-state index contributed by atoms with van der Waals surface area (Å²) in [6.07, 6.45) is -0.125. The van der Waals surface area contributed by atoms with Gasteiger partial charge in [-0.15, -0.1) is 0 Å². The van der Waals surface area contributed by atoms with E-state index in [-0.39, 0.29) is 29.6 Å². The maximum Gasteiger partial charge on any atom is 0.307 e. The van der Waals surface area contributed by atoms with E-state index in [2.05, 4.69) is 46.0 Å². The molecule has 0 aliphatic carbocycles. The number of benzene rings is 1. The molecule has 2 unspecified atom stereocenters. The van der Waals surface area contributed by atoms with Gasteiger partial charge in [-0.2, -0.15) is 5.06 Å². The second-order valence-electron chi connectivity index (χ2n) is 9.63. The molecule has 7 heteroatoms. The van der Waals surface area contributed by atoms with E-state index in [1.54, 1.807) is 0 Å². The summed E-state index contributed by atoms with van der Waals surface area (Å²) in [5, 5.41) is 1.96. The van der Waals surface area contributed by atoms with Gasteiger partial charge >= 0.3 is 5.97 Å². The predicted octanol–water partition coefficient (Wildman–Crippen LogP) is 4.51. The van der Waals surface area contributed by atoms with Gasteiger partial charge < -0.3 is 18.7 Å². The van der Waals surface area contributed by atoms with E-state index < -0.39 is 14.1 Å². The van der Waals surface area contributed by atoms with E-state index >= 15 is 0 Å². The first kappa shape index (κ1) is 24.0. The zero-order valence-corrected chi connectivity index (χ0v) is 20.2. The molecule has 0 N–H and O–H groups in total. The quantitative estimate of drug-likeness (QED) is 0.348. The predicted molar refractivity (Wildman–Crippen MR) is 116 cm³/mol. The molecule has 1 saturated heterocycles. The molecule has 6 nitrogen and oxygen atoms in total. The van der Waals surface area contributed by atoms with Gasteiger partial charge in [0, 0.05) is 6.54 Å². The number of esters is 1. The first-order chi connectivity index (χ1) is 13.3. The molecule has 0 amide bonds. The fourth-order valence-electron chi connectivity index (χ4n) is 2.99. The van der Waals surface area contributed by atoms with Gasteiger partial charge in [0.25, 0.3) is 0 Å². The van der Waals surface area contributed by atoms with Crippen molar-refractivity contribution in [3.63, 3.8) is 0 Å². The van der Waals surface area contributed by atoms with E-state index in [4.69, 9.17) is 18.7 Å². The normalized spacial score (nSPS) is 20.7. The van der Waals surface area contributed by atoms with E-state index in [1.807, 2.05) is 37.1 Å². The summed E-state index contributed by atoms with van der Waals surface area (Å²) in [5.41, 5.74) is 1.11. The van der Waals surface area contributed by atoms with Crippen LogP contribution in [0.5, 0.6) is 0 Å². The summed E-state index contributed by atoms with van der Waals surface area (Å²) in [6.45, 7) is 15.7. The minimum atomic E-state index is -2.16. The maximum atomic E-state index is 12.3. The van der Waals surface area contributed by atoms with Crippen LogP contribution < -0.4 is 0 Å². The summed E-state index contributed by atoms with van der Waals surface area (Å²) in [5.74, 6) is -0.978. The average Bonchev–Trinajstić information content (AvgIpc) is 2.98. The highest BCUT2D eigenvalue weighted by molar-refractivity contribution is 6.74. The van der Waals surface area contributed by atoms with Crippen LogP contribution >= 0.6 is 0 Å². The number of rotatable bonds is 8. The largest absolute Gasteiger partial charge is 0.469 e. The van der Waals surface area contributed by atoms with Gasteiger partial charge in [-0.1, -0.05) is 51.1 Å². The number of carbonyl (C=O) groups excluding carboxylic acids is 1. The standard InChI is InChI=1S/C22H37NO5Si/c1-21(2,3)29(7,8)28-23(15-17-12-10-9-11-13-17)18(14-20(24)25-6)19-16-26-22(4,5)27-19/h9-13,18-19H,14-16H2,1-8H3. The van der Waals surface area contributed by atoms with E-state index in [9.17, 15) is 4.79 Å². The molecule has 1 fully saturated rings. The molecule has 0 aromatic heterocycles. The molecule has 2 rings (SSSR count). The Labute approximate surface area is 176 Å². The van der Waals surface area contributed by atoms with Crippen LogP contribution in [-0.4, -0.2) is 51.0 Å². The molecule has 2 atom stereocenters. The third-order valence-corrected chi connectivity index (χ3v) is 10.1. The van der Waals surface area contributed by atoms with Crippen molar-refractivity contribution in [3.8, 4) is 0 Å². The van der Waals surface area contributed by atoms with Gasteiger partial charge in [0.2, 0.25) is 8.32 Å². The van der Waals surface area contributed by atoms with Gasteiger partial charge in [-0.05, 0) is 37.5 Å². The first-order valence-corrected chi connectivity index (χ1v) is 13.1. The monoisotopic (exact) mass is 423 g/mol. The van der Waals surface area contributed by atoms with E-state index in [1.165, 1.54) is 7.11 Å². The summed E-state index contributed by atoms with van der Waals surface area (Å²) >= 11 is 0. The highest BCUT2D eigenvalue weighted by Gasteiger charge is 2.45. The van der Waals surface area contributed by atoms with Gasteiger partial charge in [0.1, 0.15) is 6.10 Å². The topological polar surface area (TPSA) is 57.2 Å². The summed E-state index contributed by atoms with van der Waals surface area (Å²) < 4.78 is 23.6. The molecule has 29 heavy (non-hydrogen) atoms. The minimum Gasteiger partial charge on any atom is -0.469 e. The minimum absolute atomic E-state index is 0.0179. The van der Waals surface area contributed by atoms with Crippen molar-refractivity contribution in [2.24, 2.45) is 0 Å². The van der Waals surface area contributed by atoms with Gasteiger partial charge in [-0.3, -0.25) is 4.79 Å². The van der Waals surface area contributed by atoms with Crippen molar-refractivity contribution in [2.75, 3.05) is 13.7 Å². The molecule has 0 saturated carbocycles. The molecule has 1 aliphatic heterocycles. The molecular weight excluding hydrogens is 386 g/mol. The lowest BCUT2D eigenvalue weighted by atomic mass is 10.1. The van der Waals surface area contributed by atoms with Crippen LogP contribution in [0, 0.1) is 0 Å². The number of hydrogen-bond donors (Lipinski definition) is 0. The Morgan fingerprint density at radius 1 is 1.28 bits per heavy atom. The Kier molecular flexibility index (Phi) is 7.67. The molecule has 1 aliphatic rings. The molecule has 1 aromatic rings. The molecule has 1 aromatic carbocycles. The summed E-state index contributed by atoms with van der Waals surface area (Å²) in [7, 11) is -0.747. The van der Waals surface area contributed by atoms with Crippen LogP contribution in [0.25, 0.3) is 0 Å². The van der Waals surface area contributed by atoms with Crippen molar-refractivity contribution < 1.29 is 23.5 Å². The molecular formula is C22H37NO5Si. The van der Waals surface area contributed by atoms with Crippen molar-refractivity contribution in [1.82, 2.24) is 5.06 Å². The van der Waals surface area contributed by atoms with Crippen molar-refractivity contribution in [1.29, 1.82) is 0 Å². The third-order valence-electron chi connectivity index (χ3n) is 5.77. The van der Waals surface area contributed by atoms with Crippen molar-refractivity contribution >= 4 is 14.3 Å².